The monoisotopic (exact) mass is 159 g/mol. The quantitative estimate of drug-likeness (QED) is 0.639. The lowest BCUT2D eigenvalue weighted by Crippen LogP contribution is -1.80. The summed E-state index contributed by atoms with van der Waals surface area (Å²) in [5.74, 6) is 0.295. The van der Waals surface area contributed by atoms with Crippen LogP contribution in [0.25, 0.3) is 10.9 Å². The van der Waals surface area contributed by atoms with Gasteiger partial charge in [0, 0.05) is 11.6 Å². The number of hydrogen-bond acceptors (Lipinski definition) is 2. The minimum atomic E-state index is 0.295. The second kappa shape index (κ2) is 2.48. The highest BCUT2D eigenvalue weighted by molar-refractivity contribution is 5.84. The maximum Gasteiger partial charge on any atom is 0.124 e. The normalized spacial score (nSPS) is 10.4. The fraction of sp³-hybridized carbons (Fsp3) is 0.100. The van der Waals surface area contributed by atoms with Gasteiger partial charge in [-0.15, -0.1) is 0 Å². The van der Waals surface area contributed by atoms with Crippen LogP contribution in [0.5, 0.6) is 5.75 Å². The minimum Gasteiger partial charge on any atom is -0.507 e. The molecule has 0 aliphatic carbocycles. The number of fused-ring (bicyclic) bond motifs is 1. The molecule has 2 rings (SSSR count). The lowest BCUT2D eigenvalue weighted by molar-refractivity contribution is 0.481. The molecule has 12 heavy (non-hydrogen) atoms. The second-order valence-corrected chi connectivity index (χ2v) is 2.86. The van der Waals surface area contributed by atoms with Gasteiger partial charge in [-0.25, -0.2) is 0 Å². The molecular formula is C10H9NO. The van der Waals surface area contributed by atoms with Gasteiger partial charge in [0.1, 0.15) is 5.75 Å². The molecule has 0 bridgehead atoms. The third-order valence-corrected chi connectivity index (χ3v) is 1.84. The van der Waals surface area contributed by atoms with Crippen molar-refractivity contribution in [3.63, 3.8) is 0 Å². The highest BCUT2D eigenvalue weighted by Gasteiger charge is 1.98. The predicted octanol–water partition coefficient (Wildman–Crippen LogP) is 2.25. The fourth-order valence-electron chi connectivity index (χ4n) is 1.24. The third-order valence-electron chi connectivity index (χ3n) is 1.84. The zero-order valence-electron chi connectivity index (χ0n) is 6.78. The van der Waals surface area contributed by atoms with Crippen molar-refractivity contribution < 1.29 is 5.11 Å². The summed E-state index contributed by atoms with van der Waals surface area (Å²) in [5.41, 5.74) is 1.89. The molecule has 0 aliphatic heterocycles. The molecule has 0 saturated heterocycles. The fourth-order valence-corrected chi connectivity index (χ4v) is 1.24. The standard InChI is InChI=1S/C10H9NO/c1-7-5-8-9(11-6-7)3-2-4-10(8)12/h2-6,12H,1H3. The predicted molar refractivity (Wildman–Crippen MR) is 48.1 cm³/mol. The maximum absolute atomic E-state index is 9.46. The van der Waals surface area contributed by atoms with E-state index in [1.807, 2.05) is 19.1 Å². The molecule has 0 amide bonds. The average molecular weight is 159 g/mol. The van der Waals surface area contributed by atoms with Crippen molar-refractivity contribution >= 4 is 10.9 Å². The first-order valence-corrected chi connectivity index (χ1v) is 3.82. The number of rotatable bonds is 0. The lowest BCUT2D eigenvalue weighted by atomic mass is 10.1. The van der Waals surface area contributed by atoms with Gasteiger partial charge in [-0.05, 0) is 30.7 Å². The summed E-state index contributed by atoms with van der Waals surface area (Å²) in [6.07, 6.45) is 1.79. The van der Waals surface area contributed by atoms with Crippen molar-refractivity contribution in [3.8, 4) is 5.75 Å². The van der Waals surface area contributed by atoms with E-state index >= 15 is 0 Å². The van der Waals surface area contributed by atoms with E-state index in [-0.39, 0.29) is 0 Å². The molecule has 2 nitrogen and oxygen atoms in total. The Kier molecular flexibility index (Phi) is 1.47. The van der Waals surface area contributed by atoms with Gasteiger partial charge < -0.3 is 5.11 Å². The van der Waals surface area contributed by atoms with Gasteiger partial charge in [0.05, 0.1) is 5.52 Å². The first-order chi connectivity index (χ1) is 5.77. The van der Waals surface area contributed by atoms with Crippen molar-refractivity contribution in [2.45, 2.75) is 6.92 Å². The number of hydrogen-bond donors (Lipinski definition) is 1. The zero-order valence-corrected chi connectivity index (χ0v) is 6.78. The Morgan fingerprint density at radius 1 is 1.33 bits per heavy atom. The van der Waals surface area contributed by atoms with Crippen LogP contribution in [-0.2, 0) is 0 Å². The Morgan fingerprint density at radius 2 is 2.17 bits per heavy atom. The van der Waals surface area contributed by atoms with Crippen LogP contribution in [0.15, 0.2) is 30.5 Å². The molecule has 1 aromatic heterocycles. The molecular weight excluding hydrogens is 150 g/mol. The summed E-state index contributed by atoms with van der Waals surface area (Å²) in [7, 11) is 0. The molecule has 2 heteroatoms. The molecule has 0 aliphatic rings. The van der Waals surface area contributed by atoms with Gasteiger partial charge in [-0.2, -0.15) is 0 Å². The Bertz CT molecular complexity index is 423. The van der Waals surface area contributed by atoms with E-state index in [0.717, 1.165) is 16.5 Å². The second-order valence-electron chi connectivity index (χ2n) is 2.86. The van der Waals surface area contributed by atoms with E-state index in [1.54, 1.807) is 18.3 Å². The Labute approximate surface area is 70.5 Å². The third kappa shape index (κ3) is 1.01. The van der Waals surface area contributed by atoms with Crippen molar-refractivity contribution in [2.24, 2.45) is 0 Å². The Balaban J connectivity index is 2.88. The van der Waals surface area contributed by atoms with Crippen molar-refractivity contribution in [1.82, 2.24) is 4.98 Å². The highest BCUT2D eigenvalue weighted by atomic mass is 16.3. The molecule has 0 spiro atoms. The van der Waals surface area contributed by atoms with Crippen LogP contribution in [0.1, 0.15) is 5.56 Å². The number of nitrogens with zero attached hydrogens (tertiary/aromatic N) is 1. The number of aryl methyl sites for hydroxylation is 1. The van der Waals surface area contributed by atoms with Crippen LogP contribution in [0.4, 0.5) is 0 Å². The molecule has 0 unspecified atom stereocenters. The van der Waals surface area contributed by atoms with Gasteiger partial charge in [0.15, 0.2) is 0 Å². The van der Waals surface area contributed by atoms with Crippen molar-refractivity contribution in [1.29, 1.82) is 0 Å². The first-order valence-electron chi connectivity index (χ1n) is 3.82. The number of phenols is 1. The first kappa shape index (κ1) is 7.10. The number of aromatic hydroxyl groups is 1. The molecule has 0 fully saturated rings. The summed E-state index contributed by atoms with van der Waals surface area (Å²) in [6, 6.07) is 7.27. The SMILES string of the molecule is Cc1cnc2cccc(O)c2c1. The van der Waals surface area contributed by atoms with Gasteiger partial charge in [0.2, 0.25) is 0 Å². The molecule has 0 atom stereocenters. The molecule has 0 saturated carbocycles. The van der Waals surface area contributed by atoms with Crippen LogP contribution < -0.4 is 0 Å². The molecule has 0 radical (unpaired) electrons. The number of benzene rings is 1. The lowest BCUT2D eigenvalue weighted by Gasteiger charge is -1.99. The topological polar surface area (TPSA) is 33.1 Å². The van der Waals surface area contributed by atoms with Gasteiger partial charge in [-0.1, -0.05) is 6.07 Å². The molecule has 1 N–H and O–H groups in total. The van der Waals surface area contributed by atoms with E-state index in [2.05, 4.69) is 4.98 Å². The number of pyridine rings is 1. The summed E-state index contributed by atoms with van der Waals surface area (Å²) in [6.45, 7) is 1.96. The Morgan fingerprint density at radius 3 is 3.00 bits per heavy atom. The van der Waals surface area contributed by atoms with Gasteiger partial charge in [0.25, 0.3) is 0 Å². The highest BCUT2D eigenvalue weighted by Crippen LogP contribution is 2.22. The van der Waals surface area contributed by atoms with E-state index in [1.165, 1.54) is 0 Å². The molecule has 1 heterocycles. The van der Waals surface area contributed by atoms with E-state index in [0.29, 0.717) is 5.75 Å². The van der Waals surface area contributed by atoms with Crippen LogP contribution in [0, 0.1) is 6.92 Å². The van der Waals surface area contributed by atoms with E-state index < -0.39 is 0 Å². The summed E-state index contributed by atoms with van der Waals surface area (Å²) < 4.78 is 0. The van der Waals surface area contributed by atoms with Gasteiger partial charge >= 0.3 is 0 Å². The van der Waals surface area contributed by atoms with Crippen LogP contribution in [-0.4, -0.2) is 10.1 Å². The maximum atomic E-state index is 9.46. The van der Waals surface area contributed by atoms with Crippen LogP contribution >= 0.6 is 0 Å². The molecule has 2 aromatic rings. The zero-order chi connectivity index (χ0) is 8.55. The summed E-state index contributed by atoms with van der Waals surface area (Å²) in [5, 5.41) is 10.3. The minimum absolute atomic E-state index is 0.295. The van der Waals surface area contributed by atoms with E-state index in [4.69, 9.17) is 0 Å². The van der Waals surface area contributed by atoms with Crippen molar-refractivity contribution in [2.75, 3.05) is 0 Å². The average Bonchev–Trinajstić information content (AvgIpc) is 2.07. The Hall–Kier alpha value is -1.57. The summed E-state index contributed by atoms with van der Waals surface area (Å²) in [4.78, 5) is 4.18. The summed E-state index contributed by atoms with van der Waals surface area (Å²) >= 11 is 0. The smallest absolute Gasteiger partial charge is 0.124 e. The van der Waals surface area contributed by atoms with Crippen LogP contribution in [0.3, 0.4) is 0 Å². The number of phenolic OH excluding ortho intramolecular Hbond substituents is 1. The molecule has 60 valence electrons. The number of aromatic nitrogens is 1. The van der Waals surface area contributed by atoms with Crippen molar-refractivity contribution in [3.05, 3.63) is 36.0 Å². The van der Waals surface area contributed by atoms with E-state index in [9.17, 15) is 5.11 Å². The largest absolute Gasteiger partial charge is 0.507 e. The molecule has 1 aromatic carbocycles. The van der Waals surface area contributed by atoms with Gasteiger partial charge in [-0.3, -0.25) is 4.98 Å². The van der Waals surface area contributed by atoms with Crippen LogP contribution in [0.2, 0.25) is 0 Å².